The second-order valence-electron chi connectivity index (χ2n) is 7.89. The molecule has 0 spiro atoms. The summed E-state index contributed by atoms with van der Waals surface area (Å²) in [6.45, 7) is 6.22. The molecule has 1 aliphatic rings. The van der Waals surface area contributed by atoms with Crippen molar-refractivity contribution in [2.24, 2.45) is 10.7 Å². The largest absolute Gasteiger partial charge is 0.343 e. The molecule has 0 radical (unpaired) electrons. The molecule has 152 valence electrons. The van der Waals surface area contributed by atoms with E-state index in [-0.39, 0.29) is 6.17 Å². The van der Waals surface area contributed by atoms with Crippen molar-refractivity contribution in [2.75, 3.05) is 13.1 Å². The van der Waals surface area contributed by atoms with Gasteiger partial charge in [-0.1, -0.05) is 83.3 Å². The van der Waals surface area contributed by atoms with Gasteiger partial charge in [0.05, 0.1) is 12.7 Å². The Labute approximate surface area is 163 Å². The number of aliphatic imine (C=N–C) groups is 1. The van der Waals surface area contributed by atoms with Crippen molar-refractivity contribution >= 4 is 5.84 Å². The van der Waals surface area contributed by atoms with Crippen LogP contribution < -0.4 is 5.73 Å². The quantitative estimate of drug-likeness (QED) is 0.239. The molecule has 1 unspecified atom stereocenters. The molecule has 3 heteroatoms. The minimum absolute atomic E-state index is 0.120. The van der Waals surface area contributed by atoms with E-state index in [0.29, 0.717) is 0 Å². The van der Waals surface area contributed by atoms with E-state index in [9.17, 15) is 0 Å². The van der Waals surface area contributed by atoms with Crippen molar-refractivity contribution in [1.29, 1.82) is 0 Å². The SMILES string of the molecule is CC/C=C/CCCCCCCCCCCCCCC1=NCCN1C(C)N. The van der Waals surface area contributed by atoms with Crippen LogP contribution in [0.15, 0.2) is 17.1 Å². The average Bonchev–Trinajstić information content (AvgIpc) is 3.10. The van der Waals surface area contributed by atoms with Gasteiger partial charge in [0.25, 0.3) is 0 Å². The smallest absolute Gasteiger partial charge is 0.100 e. The Bertz CT molecular complexity index is 374. The minimum atomic E-state index is 0.120. The van der Waals surface area contributed by atoms with Crippen molar-refractivity contribution in [3.8, 4) is 0 Å². The molecule has 0 saturated carbocycles. The third-order valence-corrected chi connectivity index (χ3v) is 5.38. The highest BCUT2D eigenvalue weighted by Crippen LogP contribution is 2.15. The molecular formula is C23H45N3. The number of nitrogens with two attached hydrogens (primary N) is 1. The summed E-state index contributed by atoms with van der Waals surface area (Å²) in [6, 6.07) is 0. The van der Waals surface area contributed by atoms with Crippen LogP contribution in [-0.4, -0.2) is 30.0 Å². The lowest BCUT2D eigenvalue weighted by atomic mass is 10.0. The Hall–Kier alpha value is -0.830. The second-order valence-corrected chi connectivity index (χ2v) is 7.89. The number of hydrogen-bond donors (Lipinski definition) is 1. The lowest BCUT2D eigenvalue weighted by molar-refractivity contribution is 0.358. The molecule has 0 aromatic carbocycles. The van der Waals surface area contributed by atoms with Crippen molar-refractivity contribution in [3.05, 3.63) is 12.2 Å². The van der Waals surface area contributed by atoms with Crippen LogP contribution >= 0.6 is 0 Å². The van der Waals surface area contributed by atoms with Gasteiger partial charge in [0, 0.05) is 13.0 Å². The first-order valence-electron chi connectivity index (χ1n) is 11.5. The highest BCUT2D eigenvalue weighted by Gasteiger charge is 2.18. The Balaban J connectivity index is 1.78. The molecule has 1 heterocycles. The van der Waals surface area contributed by atoms with Gasteiger partial charge in [-0.25, -0.2) is 0 Å². The lowest BCUT2D eigenvalue weighted by Crippen LogP contribution is -2.41. The summed E-state index contributed by atoms with van der Waals surface area (Å²) >= 11 is 0. The van der Waals surface area contributed by atoms with Gasteiger partial charge in [-0.05, 0) is 32.6 Å². The zero-order valence-electron chi connectivity index (χ0n) is 17.7. The molecule has 0 bridgehead atoms. The van der Waals surface area contributed by atoms with Crippen LogP contribution in [0.1, 0.15) is 110 Å². The maximum atomic E-state index is 5.99. The lowest BCUT2D eigenvalue weighted by Gasteiger charge is -2.24. The molecule has 3 nitrogen and oxygen atoms in total. The van der Waals surface area contributed by atoms with Crippen molar-refractivity contribution in [2.45, 2.75) is 116 Å². The van der Waals surface area contributed by atoms with E-state index < -0.39 is 0 Å². The van der Waals surface area contributed by atoms with Crippen LogP contribution in [0.2, 0.25) is 0 Å². The molecule has 1 aliphatic heterocycles. The van der Waals surface area contributed by atoms with E-state index in [1.807, 2.05) is 0 Å². The fourth-order valence-electron chi connectivity index (χ4n) is 3.77. The van der Waals surface area contributed by atoms with E-state index in [0.717, 1.165) is 19.5 Å². The van der Waals surface area contributed by atoms with Gasteiger partial charge >= 0.3 is 0 Å². The Morgan fingerprint density at radius 1 is 0.885 bits per heavy atom. The second kappa shape index (κ2) is 16.4. The molecule has 1 atom stereocenters. The summed E-state index contributed by atoms with van der Waals surface area (Å²) in [5.41, 5.74) is 5.99. The van der Waals surface area contributed by atoms with Gasteiger partial charge < -0.3 is 10.6 Å². The van der Waals surface area contributed by atoms with Gasteiger partial charge in [0.1, 0.15) is 5.84 Å². The molecule has 0 aliphatic carbocycles. The van der Waals surface area contributed by atoms with Crippen molar-refractivity contribution < 1.29 is 0 Å². The maximum absolute atomic E-state index is 5.99. The van der Waals surface area contributed by atoms with Crippen molar-refractivity contribution in [1.82, 2.24) is 4.90 Å². The van der Waals surface area contributed by atoms with E-state index in [1.54, 1.807) is 0 Å². The molecular weight excluding hydrogens is 318 g/mol. The Morgan fingerprint density at radius 3 is 1.96 bits per heavy atom. The first-order chi connectivity index (χ1) is 12.8. The van der Waals surface area contributed by atoms with Crippen LogP contribution in [0.4, 0.5) is 0 Å². The highest BCUT2D eigenvalue weighted by molar-refractivity contribution is 5.83. The summed E-state index contributed by atoms with van der Waals surface area (Å²) in [4.78, 5) is 6.87. The number of rotatable bonds is 17. The molecule has 1 rings (SSSR count). The summed E-state index contributed by atoms with van der Waals surface area (Å²) in [5.74, 6) is 1.25. The molecule has 0 aromatic heterocycles. The van der Waals surface area contributed by atoms with Crippen LogP contribution in [0.3, 0.4) is 0 Å². The summed E-state index contributed by atoms with van der Waals surface area (Å²) in [5, 5.41) is 0. The molecule has 0 saturated heterocycles. The van der Waals surface area contributed by atoms with Crippen LogP contribution in [-0.2, 0) is 0 Å². The Kier molecular flexibility index (Phi) is 14.6. The molecule has 0 aromatic rings. The van der Waals surface area contributed by atoms with E-state index in [1.165, 1.54) is 95.7 Å². The number of unbranched alkanes of at least 4 members (excludes halogenated alkanes) is 12. The molecule has 26 heavy (non-hydrogen) atoms. The van der Waals surface area contributed by atoms with Gasteiger partial charge in [-0.3, -0.25) is 4.99 Å². The number of allylic oxidation sites excluding steroid dienone is 2. The standard InChI is InChI=1S/C23H45N3/c1-3-4-5-6-7-8-9-10-11-12-13-14-15-16-17-18-19-23-25-20-21-26(23)22(2)24/h4-5,22H,3,6-21,24H2,1-2H3/b5-4+. The van der Waals surface area contributed by atoms with Crippen LogP contribution in [0, 0.1) is 0 Å². The normalized spacial score (nSPS) is 15.8. The summed E-state index contributed by atoms with van der Waals surface area (Å²) < 4.78 is 0. The molecule has 0 fully saturated rings. The minimum Gasteiger partial charge on any atom is -0.343 e. The number of amidine groups is 1. The average molecular weight is 364 g/mol. The fraction of sp³-hybridized carbons (Fsp3) is 0.870. The third kappa shape index (κ3) is 11.7. The predicted octanol–water partition coefficient (Wildman–Crippen LogP) is 6.43. The predicted molar refractivity (Wildman–Crippen MR) is 117 cm³/mol. The monoisotopic (exact) mass is 363 g/mol. The number of hydrogen-bond acceptors (Lipinski definition) is 3. The van der Waals surface area contributed by atoms with Crippen LogP contribution in [0.25, 0.3) is 0 Å². The van der Waals surface area contributed by atoms with Crippen molar-refractivity contribution in [3.63, 3.8) is 0 Å². The van der Waals surface area contributed by atoms with E-state index in [4.69, 9.17) is 5.73 Å². The van der Waals surface area contributed by atoms with Gasteiger partial charge in [0.15, 0.2) is 0 Å². The topological polar surface area (TPSA) is 41.6 Å². The summed E-state index contributed by atoms with van der Waals surface area (Å²) in [7, 11) is 0. The first-order valence-corrected chi connectivity index (χ1v) is 11.5. The van der Waals surface area contributed by atoms with E-state index in [2.05, 4.69) is 35.9 Å². The zero-order valence-corrected chi connectivity index (χ0v) is 17.7. The maximum Gasteiger partial charge on any atom is 0.100 e. The van der Waals surface area contributed by atoms with Crippen LogP contribution in [0.5, 0.6) is 0 Å². The van der Waals surface area contributed by atoms with E-state index >= 15 is 0 Å². The zero-order chi connectivity index (χ0) is 18.9. The third-order valence-electron chi connectivity index (χ3n) is 5.38. The molecule has 0 amide bonds. The summed E-state index contributed by atoms with van der Waals surface area (Å²) in [6.07, 6.45) is 25.2. The van der Waals surface area contributed by atoms with Gasteiger partial charge in [-0.15, -0.1) is 0 Å². The highest BCUT2D eigenvalue weighted by atomic mass is 15.3. The van der Waals surface area contributed by atoms with Gasteiger partial charge in [-0.2, -0.15) is 0 Å². The fourth-order valence-corrected chi connectivity index (χ4v) is 3.77. The number of nitrogens with zero attached hydrogens (tertiary/aromatic N) is 2. The first kappa shape index (κ1) is 23.2. The van der Waals surface area contributed by atoms with Gasteiger partial charge in [0.2, 0.25) is 0 Å². The molecule has 2 N–H and O–H groups in total. The Morgan fingerprint density at radius 2 is 1.42 bits per heavy atom.